The molecule has 14 heavy (non-hydrogen) atoms. The SMILES string of the molecule is CC(CO)(CO)NC(=O)C=CC(=O)O. The highest BCUT2D eigenvalue weighted by atomic mass is 16.4. The number of nitrogens with one attached hydrogen (secondary N) is 1. The van der Waals surface area contributed by atoms with Crippen LogP contribution in [-0.2, 0) is 9.59 Å². The molecule has 6 heteroatoms. The van der Waals surface area contributed by atoms with Crippen molar-refractivity contribution in [2.45, 2.75) is 12.5 Å². The van der Waals surface area contributed by atoms with Gasteiger partial charge in [-0.2, -0.15) is 0 Å². The quantitative estimate of drug-likeness (QED) is 0.406. The maximum Gasteiger partial charge on any atom is 0.328 e. The normalized spacial score (nSPS) is 11.6. The van der Waals surface area contributed by atoms with E-state index in [9.17, 15) is 9.59 Å². The van der Waals surface area contributed by atoms with Crippen molar-refractivity contribution in [2.75, 3.05) is 13.2 Å². The van der Waals surface area contributed by atoms with Crippen molar-refractivity contribution >= 4 is 11.9 Å². The number of hydrogen-bond acceptors (Lipinski definition) is 4. The summed E-state index contributed by atoms with van der Waals surface area (Å²) in [6, 6.07) is 0. The second kappa shape index (κ2) is 5.36. The Morgan fingerprint density at radius 2 is 1.79 bits per heavy atom. The van der Waals surface area contributed by atoms with Gasteiger partial charge >= 0.3 is 5.97 Å². The van der Waals surface area contributed by atoms with Crippen LogP contribution in [0.15, 0.2) is 12.2 Å². The molecule has 0 aromatic carbocycles. The fourth-order valence-electron chi connectivity index (χ4n) is 0.615. The summed E-state index contributed by atoms with van der Waals surface area (Å²) < 4.78 is 0. The van der Waals surface area contributed by atoms with Crippen LogP contribution in [-0.4, -0.2) is 45.9 Å². The number of carboxylic acid groups (broad SMARTS) is 1. The zero-order valence-electron chi connectivity index (χ0n) is 7.73. The molecular weight excluding hydrogens is 190 g/mol. The van der Waals surface area contributed by atoms with Crippen molar-refractivity contribution in [1.82, 2.24) is 5.32 Å². The van der Waals surface area contributed by atoms with Crippen molar-refractivity contribution in [1.29, 1.82) is 0 Å². The molecule has 0 atom stereocenters. The molecular formula is C8H13NO5. The summed E-state index contributed by atoms with van der Waals surface area (Å²) >= 11 is 0. The Hall–Kier alpha value is -1.40. The lowest BCUT2D eigenvalue weighted by Crippen LogP contribution is -2.51. The third-order valence-electron chi connectivity index (χ3n) is 1.50. The standard InChI is InChI=1S/C8H13NO5/c1-8(4-10,5-11)9-6(12)2-3-7(13)14/h2-3,10-11H,4-5H2,1H3,(H,9,12)(H,13,14). The first-order valence-electron chi connectivity index (χ1n) is 3.88. The smallest absolute Gasteiger partial charge is 0.328 e. The van der Waals surface area contributed by atoms with Gasteiger partial charge in [-0.25, -0.2) is 4.79 Å². The minimum absolute atomic E-state index is 0.434. The Morgan fingerprint density at radius 3 is 2.14 bits per heavy atom. The maximum absolute atomic E-state index is 11.0. The predicted octanol–water partition coefficient (Wildman–Crippen LogP) is -1.51. The highest BCUT2D eigenvalue weighted by molar-refractivity contribution is 5.94. The molecule has 1 amide bonds. The van der Waals surface area contributed by atoms with E-state index in [-0.39, 0.29) is 0 Å². The second-order valence-corrected chi connectivity index (χ2v) is 3.04. The monoisotopic (exact) mass is 203 g/mol. The fraction of sp³-hybridized carbons (Fsp3) is 0.500. The van der Waals surface area contributed by atoms with Crippen molar-refractivity contribution in [3.05, 3.63) is 12.2 Å². The molecule has 0 rings (SSSR count). The van der Waals surface area contributed by atoms with Gasteiger partial charge in [0.1, 0.15) is 0 Å². The Bertz CT molecular complexity index is 244. The fourth-order valence-corrected chi connectivity index (χ4v) is 0.615. The minimum Gasteiger partial charge on any atom is -0.478 e. The first-order chi connectivity index (χ1) is 6.43. The molecule has 0 aliphatic carbocycles. The molecule has 6 nitrogen and oxygen atoms in total. The van der Waals surface area contributed by atoms with Gasteiger partial charge in [-0.05, 0) is 6.92 Å². The molecule has 0 aliphatic rings. The van der Waals surface area contributed by atoms with Gasteiger partial charge in [0.05, 0.1) is 18.8 Å². The molecule has 0 aromatic rings. The van der Waals surface area contributed by atoms with Gasteiger partial charge in [-0.15, -0.1) is 0 Å². The van der Waals surface area contributed by atoms with Crippen LogP contribution in [0, 0.1) is 0 Å². The minimum atomic E-state index is -1.24. The summed E-state index contributed by atoms with van der Waals surface area (Å²) in [4.78, 5) is 21.0. The molecule has 0 saturated carbocycles. The Kier molecular flexibility index (Phi) is 4.82. The largest absolute Gasteiger partial charge is 0.478 e. The first-order valence-corrected chi connectivity index (χ1v) is 3.88. The molecule has 0 aromatic heterocycles. The lowest BCUT2D eigenvalue weighted by atomic mass is 10.1. The van der Waals surface area contributed by atoms with Crippen molar-refractivity contribution in [3.63, 3.8) is 0 Å². The molecule has 0 fully saturated rings. The van der Waals surface area contributed by atoms with Gasteiger partial charge in [0, 0.05) is 12.2 Å². The third-order valence-corrected chi connectivity index (χ3v) is 1.50. The number of amides is 1. The van der Waals surface area contributed by atoms with Crippen molar-refractivity contribution in [2.24, 2.45) is 0 Å². The van der Waals surface area contributed by atoms with Crippen LogP contribution in [0.1, 0.15) is 6.92 Å². The van der Waals surface area contributed by atoms with Crippen molar-refractivity contribution < 1.29 is 24.9 Å². The summed E-state index contributed by atoms with van der Waals surface area (Å²) in [6.07, 6.45) is 1.48. The number of aliphatic hydroxyl groups is 2. The molecule has 0 saturated heterocycles. The molecule has 0 unspecified atom stereocenters. The van der Waals surface area contributed by atoms with Crippen LogP contribution in [0.3, 0.4) is 0 Å². The van der Waals surface area contributed by atoms with Crippen LogP contribution in [0.4, 0.5) is 0 Å². The van der Waals surface area contributed by atoms with E-state index in [0.717, 1.165) is 6.08 Å². The van der Waals surface area contributed by atoms with Gasteiger partial charge < -0.3 is 20.6 Å². The first kappa shape index (κ1) is 12.6. The van der Waals surface area contributed by atoms with Crippen LogP contribution in [0.2, 0.25) is 0 Å². The lowest BCUT2D eigenvalue weighted by molar-refractivity contribution is -0.131. The van der Waals surface area contributed by atoms with E-state index in [4.69, 9.17) is 15.3 Å². The summed E-state index contributed by atoms with van der Waals surface area (Å²) in [5, 5.41) is 28.1. The number of aliphatic carboxylic acids is 1. The number of rotatable bonds is 5. The second-order valence-electron chi connectivity index (χ2n) is 3.04. The van der Waals surface area contributed by atoms with E-state index >= 15 is 0 Å². The molecule has 0 heterocycles. The van der Waals surface area contributed by atoms with E-state index in [1.807, 2.05) is 0 Å². The van der Waals surface area contributed by atoms with Gasteiger partial charge in [0.25, 0.3) is 0 Å². The summed E-state index contributed by atoms with van der Waals surface area (Å²) in [7, 11) is 0. The molecule has 0 aliphatic heterocycles. The van der Waals surface area contributed by atoms with E-state index in [2.05, 4.69) is 5.32 Å². The summed E-state index contributed by atoms with van der Waals surface area (Å²) in [6.45, 7) is 0.561. The summed E-state index contributed by atoms with van der Waals surface area (Å²) in [5.41, 5.74) is -1.14. The van der Waals surface area contributed by atoms with Gasteiger partial charge in [-0.3, -0.25) is 4.79 Å². The average Bonchev–Trinajstić information content (AvgIpc) is 2.14. The Morgan fingerprint density at radius 1 is 1.29 bits per heavy atom. The number of hydrogen-bond donors (Lipinski definition) is 4. The van der Waals surface area contributed by atoms with Crippen LogP contribution >= 0.6 is 0 Å². The number of carbonyl (C=O) groups excluding carboxylic acids is 1. The van der Waals surface area contributed by atoms with E-state index in [1.54, 1.807) is 0 Å². The zero-order valence-corrected chi connectivity index (χ0v) is 7.73. The van der Waals surface area contributed by atoms with Crippen LogP contribution < -0.4 is 5.32 Å². The van der Waals surface area contributed by atoms with Crippen LogP contribution in [0.25, 0.3) is 0 Å². The Balaban J connectivity index is 4.24. The Labute approximate surface area is 80.9 Å². The molecule has 0 bridgehead atoms. The maximum atomic E-state index is 11.0. The van der Waals surface area contributed by atoms with Gasteiger partial charge in [0.15, 0.2) is 0 Å². The molecule has 80 valence electrons. The summed E-state index contributed by atoms with van der Waals surface area (Å²) in [5.74, 6) is -1.92. The molecule has 4 N–H and O–H groups in total. The average molecular weight is 203 g/mol. The van der Waals surface area contributed by atoms with Gasteiger partial charge in [0.2, 0.25) is 5.91 Å². The molecule has 0 spiro atoms. The predicted molar refractivity (Wildman–Crippen MR) is 47.5 cm³/mol. The zero-order chi connectivity index (χ0) is 11.2. The van der Waals surface area contributed by atoms with Crippen molar-refractivity contribution in [3.8, 4) is 0 Å². The lowest BCUT2D eigenvalue weighted by Gasteiger charge is -2.25. The number of aliphatic hydroxyl groups excluding tert-OH is 2. The van der Waals surface area contributed by atoms with Gasteiger partial charge in [-0.1, -0.05) is 0 Å². The third kappa shape index (κ3) is 4.58. The van der Waals surface area contributed by atoms with E-state index in [0.29, 0.717) is 6.08 Å². The highest BCUT2D eigenvalue weighted by Crippen LogP contribution is 2.00. The highest BCUT2D eigenvalue weighted by Gasteiger charge is 2.23. The van der Waals surface area contributed by atoms with E-state index in [1.165, 1.54) is 6.92 Å². The van der Waals surface area contributed by atoms with Crippen LogP contribution in [0.5, 0.6) is 0 Å². The molecule has 0 radical (unpaired) electrons. The van der Waals surface area contributed by atoms with E-state index < -0.39 is 30.6 Å². The number of carboxylic acids is 1. The topological polar surface area (TPSA) is 107 Å². The number of carbonyl (C=O) groups is 2.